The Morgan fingerprint density at radius 3 is 2.27 bits per heavy atom. The summed E-state index contributed by atoms with van der Waals surface area (Å²) in [6, 6.07) is 21.6. The lowest BCUT2D eigenvalue weighted by molar-refractivity contribution is -0.147. The first-order chi connectivity index (χ1) is 19.7. The van der Waals surface area contributed by atoms with Gasteiger partial charge in [0.05, 0.1) is 23.1 Å². The maximum absolute atomic E-state index is 13.8. The molecule has 0 aliphatic rings. The molecule has 3 aromatic rings. The largest absolute Gasteiger partial charge is 0.464 e. The number of esters is 2. The highest BCUT2D eigenvalue weighted by Gasteiger charge is 2.31. The molecular weight excluding hydrogens is 542 g/mol. The number of hydrogen-bond donors (Lipinski definition) is 0. The van der Waals surface area contributed by atoms with Crippen LogP contribution in [0, 0.1) is 5.92 Å². The van der Waals surface area contributed by atoms with Crippen molar-refractivity contribution in [3.63, 3.8) is 0 Å². The van der Waals surface area contributed by atoms with Crippen molar-refractivity contribution >= 4 is 38.5 Å². The second-order valence-electron chi connectivity index (χ2n) is 10.0. The minimum atomic E-state index is -3.88. The molecule has 1 atom stereocenters. The van der Waals surface area contributed by atoms with E-state index >= 15 is 0 Å². The van der Waals surface area contributed by atoms with E-state index < -0.39 is 33.4 Å². The quantitative estimate of drug-likeness (QED) is 0.166. The van der Waals surface area contributed by atoms with E-state index in [9.17, 15) is 22.8 Å². The van der Waals surface area contributed by atoms with Crippen molar-refractivity contribution in [2.24, 2.45) is 5.92 Å². The van der Waals surface area contributed by atoms with E-state index in [1.807, 2.05) is 61.5 Å². The molecule has 0 heterocycles. The van der Waals surface area contributed by atoms with Gasteiger partial charge in [0.1, 0.15) is 13.2 Å². The molecule has 41 heavy (non-hydrogen) atoms. The van der Waals surface area contributed by atoms with Crippen molar-refractivity contribution in [1.29, 1.82) is 0 Å². The minimum absolute atomic E-state index is 0.0104. The summed E-state index contributed by atoms with van der Waals surface area (Å²) in [6.07, 6.45) is 2.47. The summed E-state index contributed by atoms with van der Waals surface area (Å²) in [6.45, 7) is 4.00. The number of nitrogens with zero attached hydrogens (tertiary/aromatic N) is 1. The second kappa shape index (κ2) is 15.9. The summed E-state index contributed by atoms with van der Waals surface area (Å²) in [5.41, 5.74) is 0.833. The van der Waals surface area contributed by atoms with Crippen LogP contribution in [0.15, 0.2) is 77.7 Å². The van der Waals surface area contributed by atoms with Crippen LogP contribution in [0.1, 0.15) is 51.5 Å². The molecule has 0 N–H and O–H groups in total. The number of sulfone groups is 1. The zero-order chi connectivity index (χ0) is 29.7. The maximum Gasteiger partial charge on any atom is 0.306 e. The number of carbonyl (C=O) groups excluding carboxylic acids is 3. The highest BCUT2D eigenvalue weighted by Crippen LogP contribution is 2.24. The topological polar surface area (TPSA) is 107 Å². The standard InChI is InChI=1S/C32H39NO7S/c1-3-4-10-19-33(20-21-39-25(2)34)32(36)29(16-18-31(35)40-23-26-11-6-5-7-12-26)24-41(37,38)30-17-15-27-13-8-9-14-28(27)22-30/h5-9,11-15,17,22,29H,3-4,10,16,18-21,23-24H2,1-2H3. The van der Waals surface area contributed by atoms with Crippen LogP contribution in [0.3, 0.4) is 0 Å². The molecule has 0 aliphatic heterocycles. The Morgan fingerprint density at radius 1 is 0.854 bits per heavy atom. The maximum atomic E-state index is 13.8. The van der Waals surface area contributed by atoms with Crippen LogP contribution in [0.5, 0.6) is 0 Å². The first-order valence-electron chi connectivity index (χ1n) is 14.0. The number of carbonyl (C=O) groups is 3. The van der Waals surface area contributed by atoms with Gasteiger partial charge in [-0.25, -0.2) is 8.42 Å². The molecule has 1 amide bonds. The van der Waals surface area contributed by atoms with Crippen LogP contribution >= 0.6 is 0 Å². The van der Waals surface area contributed by atoms with Gasteiger partial charge in [0.2, 0.25) is 5.91 Å². The number of rotatable bonds is 16. The van der Waals surface area contributed by atoms with Crippen molar-refractivity contribution in [1.82, 2.24) is 4.90 Å². The van der Waals surface area contributed by atoms with Crippen LogP contribution < -0.4 is 0 Å². The fourth-order valence-corrected chi connectivity index (χ4v) is 6.16. The molecule has 1 unspecified atom stereocenters. The molecular formula is C32H39NO7S. The van der Waals surface area contributed by atoms with E-state index in [1.54, 1.807) is 23.1 Å². The number of benzene rings is 3. The fourth-order valence-electron chi connectivity index (χ4n) is 4.54. The minimum Gasteiger partial charge on any atom is -0.464 e. The van der Waals surface area contributed by atoms with Crippen molar-refractivity contribution in [2.75, 3.05) is 25.4 Å². The summed E-state index contributed by atoms with van der Waals surface area (Å²) in [4.78, 5) is 39.4. The lowest BCUT2D eigenvalue weighted by atomic mass is 10.0. The molecule has 9 heteroatoms. The zero-order valence-electron chi connectivity index (χ0n) is 23.8. The van der Waals surface area contributed by atoms with Gasteiger partial charge >= 0.3 is 11.9 Å². The molecule has 0 saturated heterocycles. The zero-order valence-corrected chi connectivity index (χ0v) is 24.6. The van der Waals surface area contributed by atoms with Gasteiger partial charge < -0.3 is 14.4 Å². The Hall–Kier alpha value is -3.72. The smallest absolute Gasteiger partial charge is 0.306 e. The Morgan fingerprint density at radius 2 is 1.56 bits per heavy atom. The van der Waals surface area contributed by atoms with Gasteiger partial charge in [0.15, 0.2) is 9.84 Å². The number of ether oxygens (including phenoxy) is 2. The first kappa shape index (κ1) is 31.8. The van der Waals surface area contributed by atoms with Crippen LogP contribution in [-0.4, -0.2) is 56.6 Å². The predicted molar refractivity (Wildman–Crippen MR) is 158 cm³/mol. The van der Waals surface area contributed by atoms with Crippen molar-refractivity contribution in [2.45, 2.75) is 57.5 Å². The summed E-state index contributed by atoms with van der Waals surface area (Å²) in [5.74, 6) is -2.77. The van der Waals surface area contributed by atoms with E-state index in [-0.39, 0.29) is 43.4 Å². The third kappa shape index (κ3) is 10.3. The van der Waals surface area contributed by atoms with Gasteiger partial charge in [0.25, 0.3) is 0 Å². The lowest BCUT2D eigenvalue weighted by Gasteiger charge is -2.27. The highest BCUT2D eigenvalue weighted by atomic mass is 32.2. The molecule has 0 fully saturated rings. The van der Waals surface area contributed by atoms with Gasteiger partial charge in [-0.3, -0.25) is 14.4 Å². The third-order valence-corrected chi connectivity index (χ3v) is 8.61. The molecule has 0 aromatic heterocycles. The van der Waals surface area contributed by atoms with Gasteiger partial charge in [-0.15, -0.1) is 0 Å². The number of fused-ring (bicyclic) bond motifs is 1. The van der Waals surface area contributed by atoms with Crippen molar-refractivity contribution in [3.05, 3.63) is 78.4 Å². The van der Waals surface area contributed by atoms with Crippen LogP contribution in [-0.2, 0) is 40.3 Å². The average molecular weight is 582 g/mol. The number of hydrogen-bond acceptors (Lipinski definition) is 7. The van der Waals surface area contributed by atoms with Crippen LogP contribution in [0.25, 0.3) is 10.8 Å². The van der Waals surface area contributed by atoms with E-state index in [2.05, 4.69) is 0 Å². The molecule has 220 valence electrons. The molecule has 0 bridgehead atoms. The fraction of sp³-hybridized carbons (Fsp3) is 0.406. The second-order valence-corrected chi connectivity index (χ2v) is 12.1. The van der Waals surface area contributed by atoms with E-state index in [0.29, 0.717) is 6.54 Å². The summed E-state index contributed by atoms with van der Waals surface area (Å²) in [7, 11) is -3.88. The van der Waals surface area contributed by atoms with Crippen molar-refractivity contribution in [3.8, 4) is 0 Å². The van der Waals surface area contributed by atoms with Gasteiger partial charge in [0, 0.05) is 19.9 Å². The third-order valence-electron chi connectivity index (χ3n) is 6.80. The average Bonchev–Trinajstić information content (AvgIpc) is 2.97. The number of amides is 1. The Kier molecular flexibility index (Phi) is 12.3. The molecule has 3 aromatic carbocycles. The Bertz CT molecular complexity index is 1410. The highest BCUT2D eigenvalue weighted by molar-refractivity contribution is 7.91. The van der Waals surface area contributed by atoms with Crippen molar-refractivity contribution < 1.29 is 32.3 Å². The SMILES string of the molecule is CCCCCN(CCOC(C)=O)C(=O)C(CCC(=O)OCc1ccccc1)CS(=O)(=O)c1ccc2ccccc2c1. The normalized spacial score (nSPS) is 12.0. The molecule has 8 nitrogen and oxygen atoms in total. The summed E-state index contributed by atoms with van der Waals surface area (Å²) < 4.78 is 37.6. The van der Waals surface area contributed by atoms with E-state index in [1.165, 1.54) is 6.92 Å². The predicted octanol–water partition coefficient (Wildman–Crippen LogP) is 5.34. The van der Waals surface area contributed by atoms with Crippen LogP contribution in [0.4, 0.5) is 0 Å². The number of unbranched alkanes of at least 4 members (excludes halogenated alkanes) is 2. The summed E-state index contributed by atoms with van der Waals surface area (Å²) in [5, 5.41) is 1.69. The first-order valence-corrected chi connectivity index (χ1v) is 15.7. The summed E-state index contributed by atoms with van der Waals surface area (Å²) >= 11 is 0. The molecule has 0 radical (unpaired) electrons. The molecule has 0 aliphatic carbocycles. The molecule has 0 spiro atoms. The Balaban J connectivity index is 1.79. The molecule has 3 rings (SSSR count). The Labute approximate surface area is 242 Å². The van der Waals surface area contributed by atoms with E-state index in [0.717, 1.165) is 35.6 Å². The van der Waals surface area contributed by atoms with Crippen LogP contribution in [0.2, 0.25) is 0 Å². The van der Waals surface area contributed by atoms with Gasteiger partial charge in [-0.1, -0.05) is 80.4 Å². The van der Waals surface area contributed by atoms with Gasteiger partial charge in [-0.05, 0) is 41.3 Å². The van der Waals surface area contributed by atoms with E-state index in [4.69, 9.17) is 9.47 Å². The lowest BCUT2D eigenvalue weighted by Crippen LogP contribution is -2.41. The monoisotopic (exact) mass is 581 g/mol. The molecule has 0 saturated carbocycles. The van der Waals surface area contributed by atoms with Gasteiger partial charge in [-0.2, -0.15) is 0 Å².